The van der Waals surface area contributed by atoms with E-state index in [9.17, 15) is 4.79 Å². The first-order valence-electron chi connectivity index (χ1n) is 4.02. The molecule has 70 valence electrons. The van der Waals surface area contributed by atoms with Gasteiger partial charge in [-0.25, -0.2) is 0 Å². The fraction of sp³-hybridized carbons (Fsp3) is 0.0909. The molecule has 0 saturated carbocycles. The van der Waals surface area contributed by atoms with Gasteiger partial charge in [0.25, 0.3) is 0 Å². The summed E-state index contributed by atoms with van der Waals surface area (Å²) in [4.78, 5) is 10.7. The summed E-state index contributed by atoms with van der Waals surface area (Å²) in [7, 11) is 0. The molecule has 3 heteroatoms. The molecular formula is C11H8ClNO. The number of hydrogen-bond acceptors (Lipinski definition) is 2. The van der Waals surface area contributed by atoms with Gasteiger partial charge < -0.3 is 0 Å². The Bertz CT molecular complexity index is 412. The fourth-order valence-corrected chi connectivity index (χ4v) is 1.25. The van der Waals surface area contributed by atoms with Crippen molar-refractivity contribution in [1.82, 2.24) is 0 Å². The molecule has 0 fully saturated rings. The van der Waals surface area contributed by atoms with Crippen molar-refractivity contribution in [3.05, 3.63) is 41.5 Å². The van der Waals surface area contributed by atoms with Crippen LogP contribution in [0.5, 0.6) is 0 Å². The summed E-state index contributed by atoms with van der Waals surface area (Å²) in [6.45, 7) is 1.44. The highest BCUT2D eigenvalue weighted by Crippen LogP contribution is 2.18. The molecule has 2 nitrogen and oxygen atoms in total. The molecule has 0 aliphatic heterocycles. The van der Waals surface area contributed by atoms with E-state index in [2.05, 4.69) is 0 Å². The van der Waals surface area contributed by atoms with Crippen LogP contribution < -0.4 is 0 Å². The van der Waals surface area contributed by atoms with E-state index in [1.54, 1.807) is 24.3 Å². The molecule has 0 aliphatic rings. The number of benzene rings is 1. The van der Waals surface area contributed by atoms with Gasteiger partial charge in [0.15, 0.2) is 5.78 Å². The number of nitriles is 1. The van der Waals surface area contributed by atoms with Crippen LogP contribution in [0.1, 0.15) is 18.1 Å². The third-order valence-electron chi connectivity index (χ3n) is 1.62. The quantitative estimate of drug-likeness (QED) is 0.697. The Morgan fingerprint density at radius 2 is 2.00 bits per heavy atom. The second-order valence-electron chi connectivity index (χ2n) is 2.79. The van der Waals surface area contributed by atoms with Crippen LogP contribution in [0.15, 0.2) is 30.3 Å². The summed E-state index contributed by atoms with van der Waals surface area (Å²) in [5, 5.41) is 8.95. The molecule has 0 bridgehead atoms. The Morgan fingerprint density at radius 3 is 2.43 bits per heavy atom. The molecule has 1 aromatic rings. The van der Waals surface area contributed by atoms with Gasteiger partial charge in [-0.3, -0.25) is 4.79 Å². The largest absolute Gasteiger partial charge is 0.295 e. The average Bonchev–Trinajstić information content (AvgIpc) is 2.17. The van der Waals surface area contributed by atoms with E-state index in [4.69, 9.17) is 16.9 Å². The zero-order valence-electron chi connectivity index (χ0n) is 7.62. The topological polar surface area (TPSA) is 40.9 Å². The highest BCUT2D eigenvalue weighted by Gasteiger charge is 1.99. The lowest BCUT2D eigenvalue weighted by molar-refractivity contribution is -0.112. The molecule has 1 aromatic carbocycles. The molecule has 0 heterocycles. The fourth-order valence-electron chi connectivity index (χ4n) is 0.966. The minimum Gasteiger partial charge on any atom is -0.295 e. The van der Waals surface area contributed by atoms with Crippen LogP contribution in [0, 0.1) is 11.3 Å². The highest BCUT2D eigenvalue weighted by molar-refractivity contribution is 6.50. The number of carbonyl (C=O) groups is 1. The molecule has 0 atom stereocenters. The van der Waals surface area contributed by atoms with Crippen molar-refractivity contribution in [2.45, 2.75) is 6.92 Å². The van der Waals surface area contributed by atoms with Crippen molar-refractivity contribution in [3.63, 3.8) is 0 Å². The van der Waals surface area contributed by atoms with Gasteiger partial charge in [0.05, 0.1) is 16.7 Å². The second kappa shape index (κ2) is 4.59. The Morgan fingerprint density at radius 1 is 1.43 bits per heavy atom. The number of ketones is 1. The van der Waals surface area contributed by atoms with Crippen LogP contribution in [0.25, 0.3) is 5.03 Å². The molecule has 0 amide bonds. The summed E-state index contributed by atoms with van der Waals surface area (Å²) in [6.07, 6.45) is 1.35. The lowest BCUT2D eigenvalue weighted by Crippen LogP contribution is -1.84. The molecular weight excluding hydrogens is 198 g/mol. The van der Waals surface area contributed by atoms with Crippen LogP contribution in [0.2, 0.25) is 0 Å². The predicted molar refractivity (Wildman–Crippen MR) is 55.7 cm³/mol. The van der Waals surface area contributed by atoms with Gasteiger partial charge in [-0.05, 0) is 24.6 Å². The van der Waals surface area contributed by atoms with Crippen LogP contribution in [0.3, 0.4) is 0 Å². The molecule has 14 heavy (non-hydrogen) atoms. The smallest absolute Gasteiger partial charge is 0.154 e. The third-order valence-corrected chi connectivity index (χ3v) is 1.95. The first-order chi connectivity index (χ1) is 6.63. The maximum Gasteiger partial charge on any atom is 0.154 e. The molecule has 0 spiro atoms. The number of halogens is 1. The summed E-state index contributed by atoms with van der Waals surface area (Å²) in [5.74, 6) is -0.0978. The number of carbonyl (C=O) groups excluding carboxylic acids is 1. The van der Waals surface area contributed by atoms with Gasteiger partial charge in [0, 0.05) is 6.08 Å². The lowest BCUT2D eigenvalue weighted by Gasteiger charge is -1.97. The Kier molecular flexibility index (Phi) is 3.44. The average molecular weight is 206 g/mol. The maximum absolute atomic E-state index is 10.7. The van der Waals surface area contributed by atoms with Gasteiger partial charge >= 0.3 is 0 Å². The van der Waals surface area contributed by atoms with E-state index >= 15 is 0 Å². The molecule has 0 saturated heterocycles. The summed E-state index contributed by atoms with van der Waals surface area (Å²) in [6, 6.07) is 8.74. The van der Waals surface area contributed by atoms with Crippen LogP contribution in [-0.2, 0) is 4.79 Å². The molecule has 0 N–H and O–H groups in total. The van der Waals surface area contributed by atoms with Crippen molar-refractivity contribution < 1.29 is 4.79 Å². The van der Waals surface area contributed by atoms with E-state index in [1.165, 1.54) is 13.0 Å². The molecule has 0 unspecified atom stereocenters. The van der Waals surface area contributed by atoms with Gasteiger partial charge in [0.1, 0.15) is 0 Å². The summed E-state index contributed by atoms with van der Waals surface area (Å²) >= 11 is 5.85. The highest BCUT2D eigenvalue weighted by atomic mass is 35.5. The third kappa shape index (κ3) is 2.72. The second-order valence-corrected chi connectivity index (χ2v) is 3.20. The summed E-state index contributed by atoms with van der Waals surface area (Å²) in [5.41, 5.74) is 1.31. The minimum absolute atomic E-state index is 0.0978. The van der Waals surface area contributed by atoms with Crippen molar-refractivity contribution in [3.8, 4) is 6.07 Å². The molecule has 0 aromatic heterocycles. The van der Waals surface area contributed by atoms with E-state index < -0.39 is 0 Å². The minimum atomic E-state index is -0.0978. The van der Waals surface area contributed by atoms with E-state index in [-0.39, 0.29) is 5.78 Å². The van der Waals surface area contributed by atoms with Crippen molar-refractivity contribution >= 4 is 22.4 Å². The Labute approximate surface area is 87.4 Å². The van der Waals surface area contributed by atoms with Crippen LogP contribution in [0.4, 0.5) is 0 Å². The first kappa shape index (κ1) is 10.5. The normalized spacial score (nSPS) is 10.8. The van der Waals surface area contributed by atoms with Crippen molar-refractivity contribution in [2.75, 3.05) is 0 Å². The van der Waals surface area contributed by atoms with Crippen LogP contribution >= 0.6 is 11.6 Å². The predicted octanol–water partition coefficient (Wildman–Crippen LogP) is 2.73. The number of nitrogens with zero attached hydrogens (tertiary/aromatic N) is 1. The number of allylic oxidation sites excluding steroid dienone is 1. The Hall–Kier alpha value is -1.59. The first-order valence-corrected chi connectivity index (χ1v) is 4.39. The SMILES string of the molecule is CC(=O)C=C(Cl)c1ccc(C#N)cc1. The van der Waals surface area contributed by atoms with Gasteiger partial charge in [-0.15, -0.1) is 0 Å². The molecule has 0 aliphatic carbocycles. The molecule has 0 radical (unpaired) electrons. The van der Waals surface area contributed by atoms with Crippen LogP contribution in [-0.4, -0.2) is 5.78 Å². The zero-order chi connectivity index (χ0) is 10.6. The maximum atomic E-state index is 10.7. The van der Waals surface area contributed by atoms with Crippen molar-refractivity contribution in [1.29, 1.82) is 5.26 Å². The van der Waals surface area contributed by atoms with Gasteiger partial charge in [-0.1, -0.05) is 23.7 Å². The zero-order valence-corrected chi connectivity index (χ0v) is 8.38. The lowest BCUT2D eigenvalue weighted by atomic mass is 10.1. The van der Waals surface area contributed by atoms with Gasteiger partial charge in [0.2, 0.25) is 0 Å². The Balaban J connectivity index is 2.99. The standard InChI is InChI=1S/C11H8ClNO/c1-8(14)6-11(12)10-4-2-9(7-13)3-5-10/h2-6H,1H3. The van der Waals surface area contributed by atoms with E-state index in [0.717, 1.165) is 5.56 Å². The van der Waals surface area contributed by atoms with Gasteiger partial charge in [-0.2, -0.15) is 5.26 Å². The number of hydrogen-bond donors (Lipinski definition) is 0. The summed E-state index contributed by atoms with van der Waals surface area (Å²) < 4.78 is 0. The van der Waals surface area contributed by atoms with E-state index in [0.29, 0.717) is 10.6 Å². The molecule has 1 rings (SSSR count). The van der Waals surface area contributed by atoms with Crippen molar-refractivity contribution in [2.24, 2.45) is 0 Å². The monoisotopic (exact) mass is 205 g/mol. The number of rotatable bonds is 2. The van der Waals surface area contributed by atoms with E-state index in [1.807, 2.05) is 6.07 Å².